The van der Waals surface area contributed by atoms with E-state index in [0.29, 0.717) is 6.42 Å². The summed E-state index contributed by atoms with van der Waals surface area (Å²) in [6.45, 7) is 4.38. The third kappa shape index (κ3) is 5.16. The smallest absolute Gasteiger partial charge is 0.225 e. The van der Waals surface area contributed by atoms with E-state index in [1.165, 1.54) is 5.56 Å². The fourth-order valence-electron chi connectivity index (χ4n) is 2.94. The van der Waals surface area contributed by atoms with Crippen molar-refractivity contribution in [3.8, 4) is 0 Å². The summed E-state index contributed by atoms with van der Waals surface area (Å²) in [6.07, 6.45) is 1.62. The number of rotatable bonds is 7. The van der Waals surface area contributed by atoms with Gasteiger partial charge in [0.15, 0.2) is 0 Å². The lowest BCUT2D eigenvalue weighted by Crippen LogP contribution is -2.40. The summed E-state index contributed by atoms with van der Waals surface area (Å²) in [5.41, 5.74) is 1.24. The van der Waals surface area contributed by atoms with Gasteiger partial charge in [0.1, 0.15) is 0 Å². The third-order valence-electron chi connectivity index (χ3n) is 4.21. The number of ether oxygens (including phenoxy) is 1. The first kappa shape index (κ1) is 17.1. The minimum Gasteiger partial charge on any atom is -0.371 e. The van der Waals surface area contributed by atoms with Crippen molar-refractivity contribution in [2.45, 2.75) is 18.9 Å². The molecule has 2 aromatic rings. The Morgan fingerprint density at radius 3 is 2.92 bits per heavy atom. The maximum atomic E-state index is 11.9. The van der Waals surface area contributed by atoms with Crippen LogP contribution in [0.15, 0.2) is 47.8 Å². The zero-order chi connectivity index (χ0) is 16.6. The molecule has 0 spiro atoms. The number of benzene rings is 1. The van der Waals surface area contributed by atoms with Crippen LogP contribution in [-0.4, -0.2) is 43.6 Å². The van der Waals surface area contributed by atoms with Gasteiger partial charge in [0.2, 0.25) is 5.91 Å². The first-order chi connectivity index (χ1) is 11.8. The molecule has 1 atom stereocenters. The van der Waals surface area contributed by atoms with Crippen molar-refractivity contribution in [2.24, 2.45) is 0 Å². The molecule has 3 rings (SSSR count). The van der Waals surface area contributed by atoms with Gasteiger partial charge < -0.3 is 10.1 Å². The highest BCUT2D eigenvalue weighted by Crippen LogP contribution is 2.21. The van der Waals surface area contributed by atoms with Crippen molar-refractivity contribution in [3.05, 3.63) is 58.3 Å². The SMILES string of the molecule is O=C(Cc1cccs1)NCCCN1CCOC(c2ccccc2)C1. The van der Waals surface area contributed by atoms with Crippen molar-refractivity contribution >= 4 is 17.2 Å². The number of carbonyl (C=O) groups excluding carboxylic acids is 1. The molecule has 1 aliphatic heterocycles. The third-order valence-corrected chi connectivity index (χ3v) is 5.09. The van der Waals surface area contributed by atoms with Crippen LogP contribution >= 0.6 is 11.3 Å². The molecular formula is C19H24N2O2S. The van der Waals surface area contributed by atoms with Crippen LogP contribution in [0.5, 0.6) is 0 Å². The second kappa shape index (κ2) is 8.97. The molecule has 1 aromatic heterocycles. The van der Waals surface area contributed by atoms with Gasteiger partial charge in [0.05, 0.1) is 19.1 Å². The van der Waals surface area contributed by atoms with E-state index in [0.717, 1.165) is 44.1 Å². The molecule has 1 aromatic carbocycles. The molecule has 1 amide bonds. The summed E-state index contributed by atoms with van der Waals surface area (Å²) in [4.78, 5) is 15.4. The topological polar surface area (TPSA) is 41.6 Å². The van der Waals surface area contributed by atoms with Gasteiger partial charge in [0.25, 0.3) is 0 Å². The minimum atomic E-state index is 0.113. The van der Waals surface area contributed by atoms with Crippen LogP contribution in [0.1, 0.15) is 23.0 Å². The molecule has 0 bridgehead atoms. The molecular weight excluding hydrogens is 320 g/mol. The maximum absolute atomic E-state index is 11.9. The molecule has 5 heteroatoms. The molecule has 4 nitrogen and oxygen atoms in total. The van der Waals surface area contributed by atoms with Crippen LogP contribution in [-0.2, 0) is 16.0 Å². The quantitative estimate of drug-likeness (QED) is 0.785. The van der Waals surface area contributed by atoms with Crippen molar-refractivity contribution < 1.29 is 9.53 Å². The summed E-state index contributed by atoms with van der Waals surface area (Å²) in [5.74, 6) is 0.113. The highest BCUT2D eigenvalue weighted by Gasteiger charge is 2.21. The van der Waals surface area contributed by atoms with Gasteiger partial charge in [-0.2, -0.15) is 0 Å². The average molecular weight is 344 g/mol. The van der Waals surface area contributed by atoms with Crippen molar-refractivity contribution in [3.63, 3.8) is 0 Å². The molecule has 1 N–H and O–H groups in total. The summed E-state index contributed by atoms with van der Waals surface area (Å²) >= 11 is 1.63. The second-order valence-electron chi connectivity index (χ2n) is 6.03. The van der Waals surface area contributed by atoms with E-state index in [-0.39, 0.29) is 12.0 Å². The standard InChI is InChI=1S/C19H24N2O2S/c22-19(14-17-8-4-13-24-17)20-9-5-10-21-11-12-23-18(15-21)16-6-2-1-3-7-16/h1-4,6-8,13,18H,5,9-12,14-15H2,(H,20,22). The molecule has 0 aliphatic carbocycles. The van der Waals surface area contributed by atoms with E-state index in [4.69, 9.17) is 4.74 Å². The Morgan fingerprint density at radius 1 is 1.25 bits per heavy atom. The molecule has 1 fully saturated rings. The van der Waals surface area contributed by atoms with Gasteiger partial charge in [-0.3, -0.25) is 9.69 Å². The number of hydrogen-bond acceptors (Lipinski definition) is 4. The number of amides is 1. The van der Waals surface area contributed by atoms with E-state index < -0.39 is 0 Å². The number of nitrogens with zero attached hydrogens (tertiary/aromatic N) is 1. The summed E-state index contributed by atoms with van der Waals surface area (Å²) in [6, 6.07) is 14.4. The van der Waals surface area contributed by atoms with Gasteiger partial charge in [-0.15, -0.1) is 11.3 Å². The molecule has 24 heavy (non-hydrogen) atoms. The number of hydrogen-bond donors (Lipinski definition) is 1. The fraction of sp³-hybridized carbons (Fsp3) is 0.421. The Kier molecular flexibility index (Phi) is 6.41. The summed E-state index contributed by atoms with van der Waals surface area (Å²) in [5, 5.41) is 5.02. The number of nitrogens with one attached hydrogen (secondary N) is 1. The zero-order valence-electron chi connectivity index (χ0n) is 13.8. The van der Waals surface area contributed by atoms with Crippen LogP contribution in [0, 0.1) is 0 Å². The predicted octanol–water partition coefficient (Wildman–Crippen LogP) is 2.87. The maximum Gasteiger partial charge on any atom is 0.225 e. The van der Waals surface area contributed by atoms with E-state index in [1.54, 1.807) is 11.3 Å². The minimum absolute atomic E-state index is 0.113. The summed E-state index contributed by atoms with van der Waals surface area (Å²) < 4.78 is 5.89. The molecule has 2 heterocycles. The van der Waals surface area contributed by atoms with E-state index in [2.05, 4.69) is 34.5 Å². The summed E-state index contributed by atoms with van der Waals surface area (Å²) in [7, 11) is 0. The van der Waals surface area contributed by atoms with E-state index >= 15 is 0 Å². The first-order valence-corrected chi connectivity index (χ1v) is 9.37. The Labute approximate surface area is 147 Å². The lowest BCUT2D eigenvalue weighted by atomic mass is 10.1. The lowest BCUT2D eigenvalue weighted by molar-refractivity contribution is -0.120. The molecule has 1 unspecified atom stereocenters. The van der Waals surface area contributed by atoms with Crippen molar-refractivity contribution in [1.29, 1.82) is 0 Å². The molecule has 0 saturated carbocycles. The molecule has 1 saturated heterocycles. The highest BCUT2D eigenvalue weighted by atomic mass is 32.1. The molecule has 128 valence electrons. The van der Waals surface area contributed by atoms with E-state index in [9.17, 15) is 4.79 Å². The lowest BCUT2D eigenvalue weighted by Gasteiger charge is -2.33. The van der Waals surface area contributed by atoms with Crippen LogP contribution in [0.25, 0.3) is 0 Å². The Hall–Kier alpha value is -1.69. The van der Waals surface area contributed by atoms with Crippen molar-refractivity contribution in [2.75, 3.05) is 32.8 Å². The van der Waals surface area contributed by atoms with Crippen LogP contribution in [0.2, 0.25) is 0 Å². The predicted molar refractivity (Wildman–Crippen MR) is 97.2 cm³/mol. The average Bonchev–Trinajstić information content (AvgIpc) is 3.13. The van der Waals surface area contributed by atoms with Crippen molar-refractivity contribution in [1.82, 2.24) is 10.2 Å². The van der Waals surface area contributed by atoms with E-state index in [1.807, 2.05) is 23.6 Å². The number of thiophene rings is 1. The van der Waals surface area contributed by atoms with Gasteiger partial charge in [-0.1, -0.05) is 36.4 Å². The molecule has 1 aliphatic rings. The van der Waals surface area contributed by atoms with Gasteiger partial charge >= 0.3 is 0 Å². The highest BCUT2D eigenvalue weighted by molar-refractivity contribution is 7.10. The first-order valence-electron chi connectivity index (χ1n) is 8.49. The van der Waals surface area contributed by atoms with Crippen LogP contribution in [0.3, 0.4) is 0 Å². The Bertz CT molecular complexity index is 616. The second-order valence-corrected chi connectivity index (χ2v) is 7.06. The van der Waals surface area contributed by atoms with Gasteiger partial charge in [-0.05, 0) is 23.4 Å². The number of carbonyl (C=O) groups is 1. The fourth-order valence-corrected chi connectivity index (χ4v) is 3.64. The van der Waals surface area contributed by atoms with Gasteiger partial charge in [-0.25, -0.2) is 0 Å². The Morgan fingerprint density at radius 2 is 2.12 bits per heavy atom. The van der Waals surface area contributed by atoms with Gasteiger partial charge in [0, 0.05) is 31.1 Å². The number of morpholine rings is 1. The van der Waals surface area contributed by atoms with Crippen LogP contribution < -0.4 is 5.32 Å². The van der Waals surface area contributed by atoms with Crippen LogP contribution in [0.4, 0.5) is 0 Å². The largest absolute Gasteiger partial charge is 0.371 e. The Balaban J connectivity index is 1.35. The molecule has 0 radical (unpaired) electrons. The monoisotopic (exact) mass is 344 g/mol. The normalized spacial score (nSPS) is 18.4. The zero-order valence-corrected chi connectivity index (χ0v) is 14.6.